The molecule has 2 amide bonds. The van der Waals surface area contributed by atoms with Crippen LogP contribution >= 0.6 is 0 Å². The fourth-order valence-electron chi connectivity index (χ4n) is 1.94. The van der Waals surface area contributed by atoms with Crippen molar-refractivity contribution in [2.45, 2.75) is 31.4 Å². The molecule has 18 heavy (non-hydrogen) atoms. The van der Waals surface area contributed by atoms with Crippen LogP contribution in [-0.2, 0) is 9.53 Å². The topological polar surface area (TPSA) is 99.1 Å². The van der Waals surface area contributed by atoms with Gasteiger partial charge in [-0.25, -0.2) is 9.59 Å². The maximum atomic E-state index is 11.9. The van der Waals surface area contributed by atoms with E-state index in [1.54, 1.807) is 12.0 Å². The number of ether oxygens (including phenoxy) is 1. The minimum Gasteiger partial charge on any atom is -0.480 e. The summed E-state index contributed by atoms with van der Waals surface area (Å²) in [6.07, 6.45) is 1.75. The van der Waals surface area contributed by atoms with Gasteiger partial charge in [0, 0.05) is 33.2 Å². The number of aliphatic hydroxyl groups is 1. The van der Waals surface area contributed by atoms with Gasteiger partial charge in [0.2, 0.25) is 0 Å². The number of carbonyl (C=O) groups is 2. The van der Waals surface area contributed by atoms with E-state index in [0.717, 1.165) is 12.8 Å². The number of rotatable bonds is 5. The van der Waals surface area contributed by atoms with Gasteiger partial charge in [0.15, 0.2) is 0 Å². The largest absolute Gasteiger partial charge is 0.480 e. The van der Waals surface area contributed by atoms with Gasteiger partial charge in [0.25, 0.3) is 0 Å². The molecule has 7 heteroatoms. The standard InChI is InChI=1S/C11H20N2O5/c1-18-8-3-2-5-13(7-8)11(17)12-9(4-6-14)10(15)16/h8-9,14H,2-7H2,1H3,(H,12,17)(H,15,16). The molecule has 0 aromatic heterocycles. The van der Waals surface area contributed by atoms with E-state index in [2.05, 4.69) is 5.32 Å². The zero-order chi connectivity index (χ0) is 13.5. The number of methoxy groups -OCH3 is 1. The second-order valence-electron chi connectivity index (χ2n) is 4.30. The van der Waals surface area contributed by atoms with Gasteiger partial charge in [0.1, 0.15) is 6.04 Å². The van der Waals surface area contributed by atoms with Crippen LogP contribution in [0.4, 0.5) is 4.79 Å². The van der Waals surface area contributed by atoms with Crippen molar-refractivity contribution >= 4 is 12.0 Å². The Kier molecular flexibility index (Phi) is 5.87. The molecule has 0 spiro atoms. The van der Waals surface area contributed by atoms with E-state index in [9.17, 15) is 9.59 Å². The number of nitrogens with zero attached hydrogens (tertiary/aromatic N) is 1. The van der Waals surface area contributed by atoms with Gasteiger partial charge >= 0.3 is 12.0 Å². The summed E-state index contributed by atoms with van der Waals surface area (Å²) in [7, 11) is 1.60. The Labute approximate surface area is 106 Å². The summed E-state index contributed by atoms with van der Waals surface area (Å²) >= 11 is 0. The molecule has 0 aromatic rings. The maximum absolute atomic E-state index is 11.9. The zero-order valence-electron chi connectivity index (χ0n) is 10.5. The van der Waals surface area contributed by atoms with E-state index in [0.29, 0.717) is 13.1 Å². The molecule has 0 aromatic carbocycles. The average Bonchev–Trinajstić information content (AvgIpc) is 2.38. The molecule has 1 heterocycles. The summed E-state index contributed by atoms with van der Waals surface area (Å²) in [6.45, 7) is 0.781. The third-order valence-electron chi connectivity index (χ3n) is 3.01. The quantitative estimate of drug-likeness (QED) is 0.627. The Bertz CT molecular complexity index is 297. The third-order valence-corrected chi connectivity index (χ3v) is 3.01. The molecule has 1 saturated heterocycles. The number of urea groups is 1. The zero-order valence-corrected chi connectivity index (χ0v) is 10.5. The predicted molar refractivity (Wildman–Crippen MR) is 63.3 cm³/mol. The Balaban J connectivity index is 2.50. The predicted octanol–water partition coefficient (Wildman–Crippen LogP) is -0.358. The monoisotopic (exact) mass is 260 g/mol. The number of hydrogen-bond donors (Lipinski definition) is 3. The molecule has 0 saturated carbocycles. The molecule has 1 aliphatic rings. The van der Waals surface area contributed by atoms with Gasteiger partial charge in [-0.15, -0.1) is 0 Å². The number of piperidine rings is 1. The van der Waals surface area contributed by atoms with Crippen molar-refractivity contribution in [3.05, 3.63) is 0 Å². The number of carboxylic acids is 1. The lowest BCUT2D eigenvalue weighted by Gasteiger charge is -2.32. The van der Waals surface area contributed by atoms with Gasteiger partial charge in [-0.05, 0) is 12.8 Å². The van der Waals surface area contributed by atoms with Crippen molar-refractivity contribution < 1.29 is 24.5 Å². The number of hydrogen-bond acceptors (Lipinski definition) is 4. The van der Waals surface area contributed by atoms with Gasteiger partial charge in [0.05, 0.1) is 6.10 Å². The summed E-state index contributed by atoms with van der Waals surface area (Å²) in [5.41, 5.74) is 0. The molecule has 0 bridgehead atoms. The Hall–Kier alpha value is -1.34. The molecule has 0 aliphatic carbocycles. The van der Waals surface area contributed by atoms with Crippen molar-refractivity contribution in [1.82, 2.24) is 10.2 Å². The minimum atomic E-state index is -1.14. The van der Waals surface area contributed by atoms with Crippen LogP contribution in [0.15, 0.2) is 0 Å². The molecule has 7 nitrogen and oxygen atoms in total. The van der Waals surface area contributed by atoms with E-state index < -0.39 is 18.0 Å². The summed E-state index contributed by atoms with van der Waals surface area (Å²) in [4.78, 5) is 24.3. The van der Waals surface area contributed by atoms with Crippen LogP contribution in [0.1, 0.15) is 19.3 Å². The average molecular weight is 260 g/mol. The van der Waals surface area contributed by atoms with Crippen molar-refractivity contribution in [3.63, 3.8) is 0 Å². The first-order chi connectivity index (χ1) is 8.58. The van der Waals surface area contributed by atoms with Crippen LogP contribution in [0.5, 0.6) is 0 Å². The minimum absolute atomic E-state index is 0.00260. The van der Waals surface area contributed by atoms with Gasteiger partial charge in [-0.1, -0.05) is 0 Å². The molecular formula is C11H20N2O5. The highest BCUT2D eigenvalue weighted by Crippen LogP contribution is 2.12. The Morgan fingerprint density at radius 3 is 2.83 bits per heavy atom. The van der Waals surface area contributed by atoms with Gasteiger partial charge in [-0.3, -0.25) is 0 Å². The molecule has 104 valence electrons. The van der Waals surface area contributed by atoms with E-state index in [1.165, 1.54) is 0 Å². The highest BCUT2D eigenvalue weighted by Gasteiger charge is 2.26. The molecule has 1 aliphatic heterocycles. The van der Waals surface area contributed by atoms with E-state index in [4.69, 9.17) is 14.9 Å². The first-order valence-electron chi connectivity index (χ1n) is 6.00. The fourth-order valence-corrected chi connectivity index (χ4v) is 1.94. The lowest BCUT2D eigenvalue weighted by Crippen LogP contribution is -2.52. The highest BCUT2D eigenvalue weighted by molar-refractivity contribution is 5.82. The van der Waals surface area contributed by atoms with E-state index >= 15 is 0 Å². The highest BCUT2D eigenvalue weighted by atomic mass is 16.5. The van der Waals surface area contributed by atoms with Gasteiger partial charge in [-0.2, -0.15) is 0 Å². The SMILES string of the molecule is COC1CCCN(C(=O)NC(CCO)C(=O)O)C1. The number of aliphatic carboxylic acids is 1. The van der Waals surface area contributed by atoms with Crippen LogP contribution < -0.4 is 5.32 Å². The summed E-state index contributed by atoms with van der Waals surface area (Å²) < 4.78 is 5.19. The first-order valence-corrected chi connectivity index (χ1v) is 6.00. The molecule has 2 unspecified atom stereocenters. The second-order valence-corrected chi connectivity index (χ2v) is 4.30. The van der Waals surface area contributed by atoms with Crippen molar-refractivity contribution in [2.75, 3.05) is 26.8 Å². The normalized spacial score (nSPS) is 21.4. The molecule has 1 fully saturated rings. The van der Waals surface area contributed by atoms with Crippen LogP contribution in [-0.4, -0.2) is 66.1 Å². The van der Waals surface area contributed by atoms with E-state index in [1.807, 2.05) is 0 Å². The number of carboxylic acid groups (broad SMARTS) is 1. The number of nitrogens with one attached hydrogen (secondary N) is 1. The first kappa shape index (κ1) is 14.7. The summed E-state index contributed by atoms with van der Waals surface area (Å²) in [5, 5.41) is 20.0. The number of aliphatic hydroxyl groups excluding tert-OH is 1. The number of carbonyl (C=O) groups excluding carboxylic acids is 1. The lowest BCUT2D eigenvalue weighted by atomic mass is 10.1. The number of amides is 2. The van der Waals surface area contributed by atoms with E-state index in [-0.39, 0.29) is 19.1 Å². The lowest BCUT2D eigenvalue weighted by molar-refractivity contribution is -0.139. The Morgan fingerprint density at radius 2 is 2.28 bits per heavy atom. The molecular weight excluding hydrogens is 240 g/mol. The number of likely N-dealkylation sites (tertiary alicyclic amines) is 1. The van der Waals surface area contributed by atoms with Crippen LogP contribution in [0, 0.1) is 0 Å². The fraction of sp³-hybridized carbons (Fsp3) is 0.818. The summed E-state index contributed by atoms with van der Waals surface area (Å²) in [6, 6.07) is -1.47. The van der Waals surface area contributed by atoms with Crippen molar-refractivity contribution in [2.24, 2.45) is 0 Å². The second kappa shape index (κ2) is 7.17. The van der Waals surface area contributed by atoms with Crippen LogP contribution in [0.25, 0.3) is 0 Å². The van der Waals surface area contributed by atoms with Crippen molar-refractivity contribution in [3.8, 4) is 0 Å². The molecule has 3 N–H and O–H groups in total. The summed E-state index contributed by atoms with van der Waals surface area (Å²) in [5.74, 6) is -1.14. The molecule has 1 rings (SSSR count). The Morgan fingerprint density at radius 1 is 1.56 bits per heavy atom. The van der Waals surface area contributed by atoms with Crippen molar-refractivity contribution in [1.29, 1.82) is 0 Å². The molecule has 2 atom stereocenters. The van der Waals surface area contributed by atoms with Gasteiger partial charge < -0.3 is 25.2 Å². The smallest absolute Gasteiger partial charge is 0.326 e. The maximum Gasteiger partial charge on any atom is 0.326 e. The van der Waals surface area contributed by atoms with Crippen LogP contribution in [0.3, 0.4) is 0 Å². The molecule has 0 radical (unpaired) electrons. The third kappa shape index (κ3) is 4.15. The van der Waals surface area contributed by atoms with Crippen LogP contribution in [0.2, 0.25) is 0 Å².